The molecule has 0 aliphatic carbocycles. The molecule has 0 unspecified atom stereocenters. The van der Waals surface area contributed by atoms with Crippen LogP contribution < -0.4 is 5.73 Å². The number of hydrogen-bond acceptors (Lipinski definition) is 3. The number of benzene rings is 2. The zero-order chi connectivity index (χ0) is 16.6. The second-order valence-electron chi connectivity index (χ2n) is 5.42. The van der Waals surface area contributed by atoms with E-state index in [1.165, 1.54) is 5.56 Å². The van der Waals surface area contributed by atoms with Crippen molar-refractivity contribution in [3.05, 3.63) is 96.3 Å². The Hall–Kier alpha value is -3.20. The summed E-state index contributed by atoms with van der Waals surface area (Å²) in [6.07, 6.45) is 7.15. The van der Waals surface area contributed by atoms with Crippen LogP contribution in [0.25, 0.3) is 16.8 Å². The molecule has 0 radical (unpaired) electrons. The highest BCUT2D eigenvalue weighted by Crippen LogP contribution is 2.21. The molecule has 118 valence electrons. The Kier molecular flexibility index (Phi) is 5.15. The molecule has 1 heterocycles. The van der Waals surface area contributed by atoms with E-state index < -0.39 is 0 Å². The lowest BCUT2D eigenvalue weighted by molar-refractivity contribution is 1.05. The normalized spacial score (nSPS) is 11.8. The molecule has 0 aliphatic rings. The molecule has 0 bridgehead atoms. The summed E-state index contributed by atoms with van der Waals surface area (Å²) in [7, 11) is 0. The predicted octanol–water partition coefficient (Wildman–Crippen LogP) is 4.32. The summed E-state index contributed by atoms with van der Waals surface area (Å²) in [4.78, 5) is 8.44. The fourth-order valence-electron chi connectivity index (χ4n) is 2.39. The third-order valence-electron chi connectivity index (χ3n) is 3.66. The first kappa shape index (κ1) is 15.7. The molecule has 1 aromatic heterocycles. The van der Waals surface area contributed by atoms with Crippen LogP contribution in [0, 0.1) is 0 Å². The van der Waals surface area contributed by atoms with Crippen molar-refractivity contribution >= 4 is 11.9 Å². The smallest absolute Gasteiger partial charge is 0.0654 e. The molecule has 24 heavy (non-hydrogen) atoms. The summed E-state index contributed by atoms with van der Waals surface area (Å²) in [6, 6.07) is 22.4. The minimum Gasteiger partial charge on any atom is -0.398 e. The van der Waals surface area contributed by atoms with E-state index in [9.17, 15) is 0 Å². The molecule has 0 atom stereocenters. The van der Waals surface area contributed by atoms with E-state index in [1.807, 2.05) is 54.7 Å². The Bertz CT molecular complexity index is 837. The second-order valence-corrected chi connectivity index (χ2v) is 5.42. The first-order chi connectivity index (χ1) is 11.8. The van der Waals surface area contributed by atoms with Crippen molar-refractivity contribution in [2.24, 2.45) is 10.7 Å². The van der Waals surface area contributed by atoms with E-state index in [0.29, 0.717) is 12.2 Å². The summed E-state index contributed by atoms with van der Waals surface area (Å²) >= 11 is 0. The Balaban J connectivity index is 1.71. The highest BCUT2D eigenvalue weighted by Gasteiger charge is 2.00. The van der Waals surface area contributed by atoms with Crippen LogP contribution in [0.5, 0.6) is 0 Å². The van der Waals surface area contributed by atoms with Gasteiger partial charge in [0.25, 0.3) is 0 Å². The average molecular weight is 313 g/mol. The van der Waals surface area contributed by atoms with Crippen molar-refractivity contribution in [1.82, 2.24) is 4.98 Å². The van der Waals surface area contributed by atoms with Gasteiger partial charge in [-0.3, -0.25) is 9.98 Å². The SMILES string of the molecule is NC(=CC=NCc1cccnc1)c1cccc(-c2ccccc2)c1. The molecule has 3 aromatic rings. The van der Waals surface area contributed by atoms with Crippen molar-refractivity contribution < 1.29 is 0 Å². The lowest BCUT2D eigenvalue weighted by Crippen LogP contribution is -1.97. The molecule has 2 aromatic carbocycles. The van der Waals surface area contributed by atoms with Gasteiger partial charge in [-0.05, 0) is 40.5 Å². The van der Waals surface area contributed by atoms with Gasteiger partial charge in [-0.2, -0.15) is 0 Å². The Morgan fingerprint density at radius 2 is 1.79 bits per heavy atom. The maximum atomic E-state index is 6.18. The molecule has 0 aliphatic heterocycles. The van der Waals surface area contributed by atoms with Crippen LogP contribution in [-0.2, 0) is 6.54 Å². The van der Waals surface area contributed by atoms with Gasteiger partial charge in [0, 0.05) is 24.3 Å². The molecular weight excluding hydrogens is 294 g/mol. The zero-order valence-corrected chi connectivity index (χ0v) is 13.3. The maximum Gasteiger partial charge on any atom is 0.0654 e. The third-order valence-corrected chi connectivity index (χ3v) is 3.66. The highest BCUT2D eigenvalue weighted by atomic mass is 14.7. The number of allylic oxidation sites excluding steroid dienone is 1. The Morgan fingerprint density at radius 3 is 2.58 bits per heavy atom. The fourth-order valence-corrected chi connectivity index (χ4v) is 2.39. The average Bonchev–Trinajstić information content (AvgIpc) is 2.67. The third kappa shape index (κ3) is 4.17. The molecule has 3 nitrogen and oxygen atoms in total. The van der Waals surface area contributed by atoms with Crippen LogP contribution in [0.3, 0.4) is 0 Å². The van der Waals surface area contributed by atoms with Gasteiger partial charge < -0.3 is 5.73 Å². The maximum absolute atomic E-state index is 6.18. The largest absolute Gasteiger partial charge is 0.398 e. The van der Waals surface area contributed by atoms with Gasteiger partial charge in [-0.1, -0.05) is 54.6 Å². The molecular formula is C21H19N3. The first-order valence-electron chi connectivity index (χ1n) is 7.83. The molecule has 0 amide bonds. The number of aliphatic imine (C=N–C) groups is 1. The standard InChI is InChI=1S/C21H19N3/c22-21(11-13-24-16-17-6-5-12-23-15-17)20-10-4-9-19(14-20)18-7-2-1-3-8-18/h1-15H,16,22H2. The minimum atomic E-state index is 0.599. The Labute approximate surface area is 142 Å². The van der Waals surface area contributed by atoms with E-state index in [0.717, 1.165) is 16.7 Å². The van der Waals surface area contributed by atoms with Gasteiger partial charge in [0.05, 0.1) is 6.54 Å². The number of hydrogen-bond donors (Lipinski definition) is 1. The highest BCUT2D eigenvalue weighted by molar-refractivity contribution is 5.84. The number of aromatic nitrogens is 1. The zero-order valence-electron chi connectivity index (χ0n) is 13.3. The van der Waals surface area contributed by atoms with Gasteiger partial charge in [0.15, 0.2) is 0 Å². The minimum absolute atomic E-state index is 0.599. The monoisotopic (exact) mass is 313 g/mol. The van der Waals surface area contributed by atoms with Crippen molar-refractivity contribution in [3.63, 3.8) is 0 Å². The van der Waals surface area contributed by atoms with E-state index in [4.69, 9.17) is 5.73 Å². The summed E-state index contributed by atoms with van der Waals surface area (Å²) < 4.78 is 0. The van der Waals surface area contributed by atoms with Crippen LogP contribution in [0.1, 0.15) is 11.1 Å². The fraction of sp³-hybridized carbons (Fsp3) is 0.0476. The van der Waals surface area contributed by atoms with Crippen molar-refractivity contribution in [3.8, 4) is 11.1 Å². The van der Waals surface area contributed by atoms with Gasteiger partial charge in [0.1, 0.15) is 0 Å². The molecule has 0 saturated heterocycles. The van der Waals surface area contributed by atoms with Gasteiger partial charge >= 0.3 is 0 Å². The molecule has 3 rings (SSSR count). The molecule has 0 spiro atoms. The number of nitrogens with zero attached hydrogens (tertiary/aromatic N) is 2. The van der Waals surface area contributed by atoms with E-state index in [-0.39, 0.29) is 0 Å². The summed E-state index contributed by atoms with van der Waals surface area (Å²) in [5.74, 6) is 0. The lowest BCUT2D eigenvalue weighted by atomic mass is 10.0. The van der Waals surface area contributed by atoms with Crippen molar-refractivity contribution in [2.45, 2.75) is 6.54 Å². The van der Waals surface area contributed by atoms with Crippen LogP contribution in [0.15, 0.2) is 90.2 Å². The van der Waals surface area contributed by atoms with Crippen LogP contribution >= 0.6 is 0 Å². The van der Waals surface area contributed by atoms with Gasteiger partial charge in [-0.25, -0.2) is 0 Å². The number of pyridine rings is 1. The Morgan fingerprint density at radius 1 is 0.958 bits per heavy atom. The molecule has 3 heteroatoms. The van der Waals surface area contributed by atoms with Crippen LogP contribution in [0.4, 0.5) is 0 Å². The molecule has 2 N–H and O–H groups in total. The van der Waals surface area contributed by atoms with Crippen molar-refractivity contribution in [2.75, 3.05) is 0 Å². The number of nitrogens with two attached hydrogens (primary N) is 1. The van der Waals surface area contributed by atoms with E-state index >= 15 is 0 Å². The summed E-state index contributed by atoms with van der Waals surface area (Å²) in [6.45, 7) is 0.599. The van der Waals surface area contributed by atoms with E-state index in [1.54, 1.807) is 12.4 Å². The summed E-state index contributed by atoms with van der Waals surface area (Å²) in [5.41, 5.74) is 11.3. The number of rotatable bonds is 5. The molecule has 0 fully saturated rings. The summed E-state index contributed by atoms with van der Waals surface area (Å²) in [5, 5.41) is 0. The quantitative estimate of drug-likeness (QED) is 0.713. The lowest BCUT2D eigenvalue weighted by Gasteiger charge is -2.05. The van der Waals surface area contributed by atoms with Gasteiger partial charge in [0.2, 0.25) is 0 Å². The van der Waals surface area contributed by atoms with Crippen LogP contribution in [0.2, 0.25) is 0 Å². The molecule has 0 saturated carbocycles. The van der Waals surface area contributed by atoms with E-state index in [2.05, 4.69) is 34.2 Å². The van der Waals surface area contributed by atoms with Crippen LogP contribution in [-0.4, -0.2) is 11.2 Å². The first-order valence-corrected chi connectivity index (χ1v) is 7.83. The second kappa shape index (κ2) is 7.88. The predicted molar refractivity (Wildman–Crippen MR) is 100 cm³/mol. The van der Waals surface area contributed by atoms with Crippen molar-refractivity contribution in [1.29, 1.82) is 0 Å². The topological polar surface area (TPSA) is 51.3 Å². The van der Waals surface area contributed by atoms with Gasteiger partial charge in [-0.15, -0.1) is 0 Å².